The molecule has 0 aliphatic heterocycles. The average molecular weight is 621 g/mol. The molecule has 226 valence electrons. The smallest absolute Gasteiger partial charge is 0.355 e. The lowest BCUT2D eigenvalue weighted by molar-refractivity contribution is -0.138. The van der Waals surface area contributed by atoms with Gasteiger partial charge < -0.3 is 10.6 Å². The van der Waals surface area contributed by atoms with Gasteiger partial charge >= 0.3 is 12.4 Å². The minimum atomic E-state index is -4.59. The third kappa shape index (κ3) is 6.83. The zero-order chi connectivity index (χ0) is 31.7. The van der Waals surface area contributed by atoms with Gasteiger partial charge in [-0.05, 0) is 77.0 Å². The van der Waals surface area contributed by atoms with Crippen LogP contribution in [-0.2, 0) is 12.4 Å². The molecule has 0 aliphatic rings. The molecule has 44 heavy (non-hydrogen) atoms. The van der Waals surface area contributed by atoms with Gasteiger partial charge in [0.2, 0.25) is 0 Å². The molecular formula is C35H30F6N2Si. The van der Waals surface area contributed by atoms with E-state index in [9.17, 15) is 26.3 Å². The van der Waals surface area contributed by atoms with Gasteiger partial charge in [-0.25, -0.2) is 0 Å². The Hall–Kier alpha value is -4.50. The van der Waals surface area contributed by atoms with Crippen molar-refractivity contribution >= 4 is 36.0 Å². The van der Waals surface area contributed by atoms with Crippen LogP contribution in [0.15, 0.2) is 115 Å². The van der Waals surface area contributed by atoms with E-state index in [-0.39, 0.29) is 0 Å². The Morgan fingerprint density at radius 3 is 1.18 bits per heavy atom. The Bertz CT molecular complexity index is 1640. The summed E-state index contributed by atoms with van der Waals surface area (Å²) < 4.78 is 84.1. The predicted molar refractivity (Wildman–Crippen MR) is 170 cm³/mol. The lowest BCUT2D eigenvalue weighted by Gasteiger charge is -2.28. The van der Waals surface area contributed by atoms with E-state index in [1.807, 2.05) is 56.0 Å². The summed E-state index contributed by atoms with van der Waals surface area (Å²) in [4.78, 5) is 0. The van der Waals surface area contributed by atoms with Crippen molar-refractivity contribution in [1.29, 1.82) is 0 Å². The van der Waals surface area contributed by atoms with Crippen molar-refractivity contribution in [2.75, 3.05) is 10.6 Å². The van der Waals surface area contributed by atoms with Crippen LogP contribution in [0.4, 0.5) is 49.1 Å². The zero-order valence-corrected chi connectivity index (χ0v) is 25.2. The summed E-state index contributed by atoms with van der Waals surface area (Å²) in [6.07, 6.45) is -9.18. The van der Waals surface area contributed by atoms with Crippen LogP contribution in [0.25, 0.3) is 22.3 Å². The van der Waals surface area contributed by atoms with Crippen LogP contribution in [-0.4, -0.2) is 8.07 Å². The van der Waals surface area contributed by atoms with Gasteiger partial charge in [-0.15, -0.1) is 0 Å². The maximum atomic E-state index is 14.0. The minimum Gasteiger partial charge on any atom is -0.355 e. The lowest BCUT2D eigenvalue weighted by atomic mass is 9.94. The molecule has 5 aromatic rings. The summed E-state index contributed by atoms with van der Waals surface area (Å²) >= 11 is 0. The van der Waals surface area contributed by atoms with Crippen molar-refractivity contribution in [2.24, 2.45) is 0 Å². The molecule has 5 rings (SSSR count). The number of rotatable bonds is 7. The molecule has 0 saturated heterocycles. The first-order valence-corrected chi connectivity index (χ1v) is 17.4. The molecule has 0 fully saturated rings. The van der Waals surface area contributed by atoms with Gasteiger partial charge in [-0.1, -0.05) is 74.2 Å². The van der Waals surface area contributed by atoms with E-state index in [0.29, 0.717) is 45.0 Å². The second kappa shape index (κ2) is 11.9. The van der Waals surface area contributed by atoms with Crippen LogP contribution in [0.1, 0.15) is 11.1 Å². The van der Waals surface area contributed by atoms with E-state index in [4.69, 9.17) is 0 Å². The summed E-state index contributed by atoms with van der Waals surface area (Å²) in [5.41, 5.74) is 2.34. The molecule has 0 radical (unpaired) electrons. The third-order valence-electron chi connectivity index (χ3n) is 7.19. The molecule has 0 bridgehead atoms. The Morgan fingerprint density at radius 1 is 0.455 bits per heavy atom. The summed E-state index contributed by atoms with van der Waals surface area (Å²) in [5, 5.41) is 7.24. The Morgan fingerprint density at radius 2 is 0.841 bits per heavy atom. The first-order chi connectivity index (χ1) is 20.7. The first-order valence-electron chi connectivity index (χ1n) is 13.9. The molecule has 5 aromatic carbocycles. The highest BCUT2D eigenvalue weighted by molar-refractivity contribution is 6.90. The van der Waals surface area contributed by atoms with Crippen molar-refractivity contribution in [1.82, 2.24) is 0 Å². The summed E-state index contributed by atoms with van der Waals surface area (Å²) in [6.45, 7) is 6.10. The van der Waals surface area contributed by atoms with Crippen molar-refractivity contribution in [3.8, 4) is 22.3 Å². The van der Waals surface area contributed by atoms with E-state index in [1.165, 1.54) is 12.1 Å². The number of nitrogens with one attached hydrogen (secondary N) is 2. The highest BCUT2D eigenvalue weighted by atomic mass is 28.3. The Balaban J connectivity index is 1.79. The summed E-state index contributed by atoms with van der Waals surface area (Å²) in [6, 6.07) is 30.4. The standard InChI is InChI=1S/C35H30F6N2Si/c1-44(2,3)33-27(29-21-23(34(36,37)38)17-19-31(29)42-25-11-6-4-7-12-25)15-10-16-28(33)30-22-24(35(39,40)41)18-20-32(30)43-26-13-8-5-9-14-26/h4-22,42-43H,1-3H3. The van der Waals surface area contributed by atoms with Gasteiger partial charge in [0, 0.05) is 33.9 Å². The van der Waals surface area contributed by atoms with E-state index in [2.05, 4.69) is 10.6 Å². The van der Waals surface area contributed by atoms with E-state index in [1.54, 1.807) is 42.5 Å². The molecule has 0 saturated carbocycles. The Labute approximate surface area is 253 Å². The van der Waals surface area contributed by atoms with Crippen LogP contribution < -0.4 is 15.8 Å². The fourth-order valence-electron chi connectivity index (χ4n) is 5.27. The molecule has 2 nitrogen and oxygen atoms in total. The van der Waals surface area contributed by atoms with Crippen LogP contribution >= 0.6 is 0 Å². The fourth-order valence-corrected chi connectivity index (χ4v) is 7.32. The summed E-state index contributed by atoms with van der Waals surface area (Å²) in [5.74, 6) is 0. The van der Waals surface area contributed by atoms with Crippen molar-refractivity contribution in [3.63, 3.8) is 0 Å². The third-order valence-corrected chi connectivity index (χ3v) is 9.23. The van der Waals surface area contributed by atoms with Gasteiger partial charge in [-0.2, -0.15) is 26.3 Å². The highest BCUT2D eigenvalue weighted by Crippen LogP contribution is 2.41. The monoisotopic (exact) mass is 620 g/mol. The largest absolute Gasteiger partial charge is 0.416 e. The highest BCUT2D eigenvalue weighted by Gasteiger charge is 2.34. The molecule has 9 heteroatoms. The van der Waals surface area contributed by atoms with Gasteiger partial charge in [0.1, 0.15) is 0 Å². The number of para-hydroxylation sites is 2. The average Bonchev–Trinajstić information content (AvgIpc) is 2.97. The number of benzene rings is 5. The molecule has 0 amide bonds. The zero-order valence-electron chi connectivity index (χ0n) is 24.2. The molecular weight excluding hydrogens is 590 g/mol. The number of halogens is 6. The number of hydrogen-bond donors (Lipinski definition) is 2. The molecule has 0 atom stereocenters. The van der Waals surface area contributed by atoms with E-state index < -0.39 is 31.6 Å². The van der Waals surface area contributed by atoms with E-state index >= 15 is 0 Å². The first kappa shape index (κ1) is 30.9. The number of alkyl halides is 6. The van der Waals surface area contributed by atoms with Crippen LogP contribution in [0.2, 0.25) is 19.6 Å². The molecule has 0 spiro atoms. The minimum absolute atomic E-state index is 0.312. The fraction of sp³-hybridized carbons (Fsp3) is 0.143. The van der Waals surface area contributed by atoms with Crippen LogP contribution in [0.5, 0.6) is 0 Å². The van der Waals surface area contributed by atoms with Crippen molar-refractivity contribution in [2.45, 2.75) is 32.0 Å². The molecule has 0 unspecified atom stereocenters. The molecule has 0 heterocycles. The van der Waals surface area contributed by atoms with E-state index in [0.717, 1.165) is 29.5 Å². The van der Waals surface area contributed by atoms with Crippen molar-refractivity contribution < 1.29 is 26.3 Å². The normalized spacial score (nSPS) is 12.2. The molecule has 2 N–H and O–H groups in total. The molecule has 0 aliphatic carbocycles. The second-order valence-electron chi connectivity index (χ2n) is 11.5. The second-order valence-corrected chi connectivity index (χ2v) is 16.5. The SMILES string of the molecule is C[Si](C)(C)c1c(-c2cc(C(F)(F)F)ccc2Nc2ccccc2)cccc1-c1cc(C(F)(F)F)ccc1Nc1ccccc1. The van der Waals surface area contributed by atoms with Gasteiger partial charge in [0.15, 0.2) is 0 Å². The maximum absolute atomic E-state index is 14.0. The topological polar surface area (TPSA) is 24.1 Å². The predicted octanol–water partition coefficient (Wildman–Crippen LogP) is 11.1. The lowest BCUT2D eigenvalue weighted by Crippen LogP contribution is -2.40. The maximum Gasteiger partial charge on any atom is 0.416 e. The van der Waals surface area contributed by atoms with Crippen LogP contribution in [0, 0.1) is 0 Å². The van der Waals surface area contributed by atoms with Gasteiger partial charge in [0.25, 0.3) is 0 Å². The molecule has 0 aromatic heterocycles. The Kier molecular flexibility index (Phi) is 8.35. The number of hydrogen-bond acceptors (Lipinski definition) is 2. The van der Waals surface area contributed by atoms with Gasteiger partial charge in [0.05, 0.1) is 19.2 Å². The van der Waals surface area contributed by atoms with Crippen LogP contribution in [0.3, 0.4) is 0 Å². The quantitative estimate of drug-likeness (QED) is 0.140. The summed E-state index contributed by atoms with van der Waals surface area (Å²) in [7, 11) is -2.46. The van der Waals surface area contributed by atoms with Crippen molar-refractivity contribution in [3.05, 3.63) is 126 Å². The number of anilines is 4. The van der Waals surface area contributed by atoms with Gasteiger partial charge in [-0.3, -0.25) is 0 Å².